The molecule has 1 saturated heterocycles. The van der Waals surface area contributed by atoms with Crippen LogP contribution in [-0.4, -0.2) is 52.6 Å². The zero-order valence-corrected chi connectivity index (χ0v) is 21.5. The van der Waals surface area contributed by atoms with Crippen LogP contribution in [0.4, 0.5) is 15.8 Å². The Bertz CT molecular complexity index is 1350. The highest BCUT2D eigenvalue weighted by molar-refractivity contribution is 5.82. The van der Waals surface area contributed by atoms with Crippen LogP contribution in [0.15, 0.2) is 55.0 Å². The van der Waals surface area contributed by atoms with Crippen LogP contribution >= 0.6 is 0 Å². The van der Waals surface area contributed by atoms with Gasteiger partial charge in [0.2, 0.25) is 0 Å². The average Bonchev–Trinajstić information content (AvgIpc) is 3.41. The molecular weight excluding hydrogens is 471 g/mol. The van der Waals surface area contributed by atoms with Crippen molar-refractivity contribution in [3.63, 3.8) is 0 Å². The van der Waals surface area contributed by atoms with Gasteiger partial charge in [0.25, 0.3) is 0 Å². The van der Waals surface area contributed by atoms with Crippen LogP contribution in [0.25, 0.3) is 22.3 Å². The van der Waals surface area contributed by atoms with Gasteiger partial charge in [0.05, 0.1) is 36.2 Å². The van der Waals surface area contributed by atoms with Crippen molar-refractivity contribution >= 4 is 22.4 Å². The second-order valence-electron chi connectivity index (χ2n) is 9.57. The van der Waals surface area contributed by atoms with Crippen LogP contribution in [0, 0.1) is 5.82 Å². The van der Waals surface area contributed by atoms with E-state index in [1.807, 2.05) is 35.1 Å². The number of benzene rings is 2. The average molecular weight is 505 g/mol. The van der Waals surface area contributed by atoms with Gasteiger partial charge in [-0.2, -0.15) is 5.10 Å². The van der Waals surface area contributed by atoms with Crippen LogP contribution < -0.4 is 15.0 Å². The number of halogens is 1. The predicted octanol–water partition coefficient (Wildman–Crippen LogP) is 5.48. The quantitative estimate of drug-likeness (QED) is 0.324. The van der Waals surface area contributed by atoms with Gasteiger partial charge in [-0.05, 0) is 43.5 Å². The van der Waals surface area contributed by atoms with E-state index in [4.69, 9.17) is 14.5 Å². The molecule has 1 N–H and O–H groups in total. The predicted molar refractivity (Wildman–Crippen MR) is 143 cm³/mol. The minimum atomic E-state index is -0.349. The summed E-state index contributed by atoms with van der Waals surface area (Å²) in [4.78, 5) is 11.6. The van der Waals surface area contributed by atoms with Crippen LogP contribution in [0.2, 0.25) is 0 Å². The van der Waals surface area contributed by atoms with Gasteiger partial charge in [-0.25, -0.2) is 14.1 Å². The lowest BCUT2D eigenvalue weighted by molar-refractivity contribution is -0.0394. The lowest BCUT2D eigenvalue weighted by Crippen LogP contribution is -2.32. The minimum absolute atomic E-state index is 0.0289. The molecule has 4 aromatic rings. The van der Waals surface area contributed by atoms with Crippen molar-refractivity contribution in [2.75, 3.05) is 31.7 Å². The molecule has 2 aromatic carbocycles. The third-order valence-corrected chi connectivity index (χ3v) is 6.48. The highest BCUT2D eigenvalue weighted by Gasteiger charge is 2.18. The third-order valence-electron chi connectivity index (χ3n) is 6.48. The Hall–Kier alpha value is -3.56. The van der Waals surface area contributed by atoms with Crippen molar-refractivity contribution in [1.82, 2.24) is 25.1 Å². The van der Waals surface area contributed by atoms with Crippen LogP contribution in [0.5, 0.6) is 5.75 Å². The molecule has 0 aliphatic carbocycles. The van der Waals surface area contributed by atoms with Crippen LogP contribution in [-0.2, 0) is 4.74 Å². The maximum Gasteiger partial charge on any atom is 0.150 e. The van der Waals surface area contributed by atoms with E-state index in [0.717, 1.165) is 60.4 Å². The fourth-order valence-corrected chi connectivity index (χ4v) is 4.56. The Kier molecular flexibility index (Phi) is 7.62. The maximum atomic E-state index is 14.4. The first kappa shape index (κ1) is 25.1. The standard InChI is InChI=1S/C28H33FN6O2/c1-19(2)30-9-10-34(23-12-21(29)13-24(14-23)36-3)22-7-8-25-26(15-22)33-27(17-31-25)20-16-32-35(18-20)28-6-4-5-11-37-28/h7-8,12-19,28,30H,4-6,9-11H2,1-3H3. The Morgan fingerprint density at radius 3 is 2.81 bits per heavy atom. The van der Waals surface area contributed by atoms with Crippen molar-refractivity contribution in [1.29, 1.82) is 0 Å². The molecule has 9 heteroatoms. The maximum absolute atomic E-state index is 14.4. The summed E-state index contributed by atoms with van der Waals surface area (Å²) in [7, 11) is 1.54. The molecule has 1 aliphatic rings. The summed E-state index contributed by atoms with van der Waals surface area (Å²) in [6.45, 7) is 6.33. The van der Waals surface area contributed by atoms with E-state index in [1.165, 1.54) is 12.1 Å². The molecule has 0 amide bonds. The van der Waals surface area contributed by atoms with Gasteiger partial charge in [-0.15, -0.1) is 0 Å². The number of hydrogen-bond acceptors (Lipinski definition) is 7. The topological polar surface area (TPSA) is 77.3 Å². The van der Waals surface area contributed by atoms with Crippen molar-refractivity contribution < 1.29 is 13.9 Å². The largest absolute Gasteiger partial charge is 0.497 e. The Morgan fingerprint density at radius 2 is 2.03 bits per heavy atom. The molecule has 8 nitrogen and oxygen atoms in total. The van der Waals surface area contributed by atoms with Gasteiger partial charge in [0.15, 0.2) is 0 Å². The van der Waals surface area contributed by atoms with E-state index in [0.29, 0.717) is 24.0 Å². The fourth-order valence-electron chi connectivity index (χ4n) is 4.56. The van der Waals surface area contributed by atoms with Crippen molar-refractivity contribution in [3.8, 4) is 17.0 Å². The molecule has 3 heterocycles. The highest BCUT2D eigenvalue weighted by Crippen LogP contribution is 2.32. The summed E-state index contributed by atoms with van der Waals surface area (Å²) < 4.78 is 27.5. The summed E-state index contributed by atoms with van der Waals surface area (Å²) in [6, 6.07) is 11.0. The van der Waals surface area contributed by atoms with E-state index < -0.39 is 0 Å². The number of fused-ring (bicyclic) bond motifs is 1. The first-order chi connectivity index (χ1) is 18.0. The van der Waals surface area contributed by atoms with Crippen molar-refractivity contribution in [3.05, 3.63) is 60.8 Å². The zero-order chi connectivity index (χ0) is 25.8. The Morgan fingerprint density at radius 1 is 1.14 bits per heavy atom. The highest BCUT2D eigenvalue weighted by atomic mass is 19.1. The van der Waals surface area contributed by atoms with Gasteiger partial charge in [-0.1, -0.05) is 13.8 Å². The van der Waals surface area contributed by atoms with Crippen LogP contribution in [0.3, 0.4) is 0 Å². The minimum Gasteiger partial charge on any atom is -0.497 e. The van der Waals surface area contributed by atoms with E-state index in [9.17, 15) is 4.39 Å². The number of hydrogen-bond donors (Lipinski definition) is 1. The lowest BCUT2D eigenvalue weighted by Gasteiger charge is -2.26. The normalized spacial score (nSPS) is 15.9. The van der Waals surface area contributed by atoms with E-state index in [2.05, 4.69) is 34.1 Å². The van der Waals surface area contributed by atoms with Gasteiger partial charge < -0.3 is 19.7 Å². The first-order valence-electron chi connectivity index (χ1n) is 12.8. The molecular formula is C28H33FN6O2. The van der Waals surface area contributed by atoms with E-state index in [-0.39, 0.29) is 12.0 Å². The summed E-state index contributed by atoms with van der Waals surface area (Å²) in [5, 5.41) is 7.96. The smallest absolute Gasteiger partial charge is 0.150 e. The van der Waals surface area contributed by atoms with Gasteiger partial charge >= 0.3 is 0 Å². The molecule has 1 aliphatic heterocycles. The second-order valence-corrected chi connectivity index (χ2v) is 9.57. The summed E-state index contributed by atoms with van der Waals surface area (Å²) in [5.74, 6) is 0.122. The molecule has 37 heavy (non-hydrogen) atoms. The Balaban J connectivity index is 1.47. The number of ether oxygens (including phenoxy) is 2. The first-order valence-corrected chi connectivity index (χ1v) is 12.8. The Labute approximate surface area is 216 Å². The van der Waals surface area contributed by atoms with Gasteiger partial charge in [0.1, 0.15) is 17.8 Å². The molecule has 194 valence electrons. The number of aromatic nitrogens is 4. The summed E-state index contributed by atoms with van der Waals surface area (Å²) in [6.07, 6.45) is 8.71. The third kappa shape index (κ3) is 5.89. The monoisotopic (exact) mass is 504 g/mol. The molecule has 1 unspecified atom stereocenters. The van der Waals surface area contributed by atoms with E-state index >= 15 is 0 Å². The molecule has 1 fully saturated rings. The SMILES string of the molecule is COc1cc(F)cc(N(CCNC(C)C)c2ccc3ncc(-c4cnn(C5CCCCO5)c4)nc3c2)c1. The molecule has 0 spiro atoms. The van der Waals surface area contributed by atoms with E-state index in [1.54, 1.807) is 19.5 Å². The number of methoxy groups -OCH3 is 1. The molecule has 2 aromatic heterocycles. The summed E-state index contributed by atoms with van der Waals surface area (Å²) >= 11 is 0. The lowest BCUT2D eigenvalue weighted by atomic mass is 10.2. The number of anilines is 2. The van der Waals surface area contributed by atoms with Crippen molar-refractivity contribution in [2.45, 2.75) is 45.4 Å². The molecule has 0 bridgehead atoms. The molecule has 0 radical (unpaired) electrons. The zero-order valence-electron chi connectivity index (χ0n) is 21.5. The summed E-state index contributed by atoms with van der Waals surface area (Å²) in [5.41, 5.74) is 4.77. The van der Waals surface area contributed by atoms with Gasteiger partial charge in [-0.3, -0.25) is 4.98 Å². The number of rotatable bonds is 9. The fraction of sp³-hybridized carbons (Fsp3) is 0.393. The number of nitrogens with zero attached hydrogens (tertiary/aromatic N) is 5. The molecule has 1 atom stereocenters. The number of nitrogens with one attached hydrogen (secondary N) is 1. The molecule has 0 saturated carbocycles. The van der Waals surface area contributed by atoms with Crippen molar-refractivity contribution in [2.24, 2.45) is 0 Å². The molecule has 5 rings (SSSR count). The van der Waals surface area contributed by atoms with Gasteiger partial charge in [0, 0.05) is 61.0 Å². The second kappa shape index (κ2) is 11.2. The van der Waals surface area contributed by atoms with Crippen LogP contribution in [0.1, 0.15) is 39.3 Å².